The fourth-order valence-electron chi connectivity index (χ4n) is 5.92. The number of rotatable bonds is 8. The number of ether oxygens (including phenoxy) is 1. The minimum Gasteiger partial charge on any atom is -0.497 e. The van der Waals surface area contributed by atoms with Crippen LogP contribution >= 0.6 is 0 Å². The predicted octanol–water partition coefficient (Wildman–Crippen LogP) is 5.02. The van der Waals surface area contributed by atoms with Crippen molar-refractivity contribution in [3.8, 4) is 17.6 Å². The summed E-state index contributed by atoms with van der Waals surface area (Å²) in [5.74, 6) is 7.19. The molecule has 3 N–H and O–H groups in total. The predicted molar refractivity (Wildman–Crippen MR) is 170 cm³/mol. The molecule has 222 valence electrons. The molecule has 3 atom stereocenters. The summed E-state index contributed by atoms with van der Waals surface area (Å²) in [6, 6.07) is 25.5. The third-order valence-corrected chi connectivity index (χ3v) is 7.89. The van der Waals surface area contributed by atoms with Crippen molar-refractivity contribution in [3.05, 3.63) is 95.6 Å². The number of methoxy groups -OCH3 is 1. The molecular formula is C35H44N4O3. The van der Waals surface area contributed by atoms with Crippen LogP contribution in [0.5, 0.6) is 5.75 Å². The van der Waals surface area contributed by atoms with Gasteiger partial charge in [0, 0.05) is 53.8 Å². The number of aliphatic hydroxyl groups excluding tert-OH is 1. The van der Waals surface area contributed by atoms with E-state index >= 15 is 0 Å². The van der Waals surface area contributed by atoms with Gasteiger partial charge in [0.2, 0.25) is 0 Å². The lowest BCUT2D eigenvalue weighted by Crippen LogP contribution is -2.55. The molecule has 7 heteroatoms. The SMILES string of the molecule is COc1ccc(NC(=O)N2CCCCN[C@H]([C@@H](c3ccc(C#Cc4ccccc4)cc3)C(C)(CO)CN(C)C)C2)cc1. The number of anilines is 1. The average Bonchev–Trinajstić information content (AvgIpc) is 2.98. The molecule has 4 rings (SSSR count). The van der Waals surface area contributed by atoms with E-state index in [1.807, 2.05) is 73.6 Å². The molecule has 1 fully saturated rings. The fourth-order valence-corrected chi connectivity index (χ4v) is 5.92. The van der Waals surface area contributed by atoms with E-state index in [0.717, 1.165) is 47.5 Å². The summed E-state index contributed by atoms with van der Waals surface area (Å²) in [6.45, 7) is 4.90. The van der Waals surface area contributed by atoms with Crippen LogP contribution < -0.4 is 15.4 Å². The Balaban J connectivity index is 1.62. The number of nitrogens with one attached hydrogen (secondary N) is 2. The van der Waals surface area contributed by atoms with Gasteiger partial charge in [-0.05, 0) is 87.6 Å². The third-order valence-electron chi connectivity index (χ3n) is 7.89. The minimum atomic E-state index is -0.463. The van der Waals surface area contributed by atoms with Gasteiger partial charge in [0.25, 0.3) is 0 Å². The average molecular weight is 569 g/mol. The minimum absolute atomic E-state index is 0.0155. The Kier molecular flexibility index (Phi) is 11.0. The number of carbonyl (C=O) groups excluding carboxylic acids is 1. The van der Waals surface area contributed by atoms with Gasteiger partial charge in [0.1, 0.15) is 5.75 Å². The van der Waals surface area contributed by atoms with E-state index in [0.29, 0.717) is 19.6 Å². The molecule has 42 heavy (non-hydrogen) atoms. The highest BCUT2D eigenvalue weighted by molar-refractivity contribution is 5.89. The summed E-state index contributed by atoms with van der Waals surface area (Å²) in [4.78, 5) is 17.5. The van der Waals surface area contributed by atoms with Gasteiger partial charge < -0.3 is 30.3 Å². The van der Waals surface area contributed by atoms with Crippen molar-refractivity contribution < 1.29 is 14.6 Å². The molecular weight excluding hydrogens is 524 g/mol. The number of hydrogen-bond acceptors (Lipinski definition) is 5. The molecule has 1 saturated heterocycles. The van der Waals surface area contributed by atoms with Crippen LogP contribution in [0.25, 0.3) is 0 Å². The molecule has 0 saturated carbocycles. The zero-order valence-electron chi connectivity index (χ0n) is 25.3. The quantitative estimate of drug-likeness (QED) is 0.333. The molecule has 0 bridgehead atoms. The van der Waals surface area contributed by atoms with Gasteiger partial charge in [-0.15, -0.1) is 0 Å². The maximum Gasteiger partial charge on any atom is 0.321 e. The lowest BCUT2D eigenvalue weighted by molar-refractivity contribution is 0.0598. The lowest BCUT2D eigenvalue weighted by atomic mass is 9.69. The molecule has 3 aromatic carbocycles. The van der Waals surface area contributed by atoms with E-state index in [4.69, 9.17) is 4.74 Å². The van der Waals surface area contributed by atoms with Crippen LogP contribution in [0, 0.1) is 17.3 Å². The number of carbonyl (C=O) groups is 1. The first kappa shape index (κ1) is 31.1. The van der Waals surface area contributed by atoms with Crippen LogP contribution in [0.4, 0.5) is 10.5 Å². The summed E-state index contributed by atoms with van der Waals surface area (Å²) < 4.78 is 5.25. The Labute approximate surface area is 250 Å². The van der Waals surface area contributed by atoms with Crippen LogP contribution in [-0.4, -0.2) is 81.0 Å². The van der Waals surface area contributed by atoms with E-state index in [-0.39, 0.29) is 24.6 Å². The highest BCUT2D eigenvalue weighted by Gasteiger charge is 2.41. The van der Waals surface area contributed by atoms with Gasteiger partial charge in [-0.25, -0.2) is 4.79 Å². The molecule has 1 aliphatic heterocycles. The van der Waals surface area contributed by atoms with Crippen molar-refractivity contribution >= 4 is 11.7 Å². The summed E-state index contributed by atoms with van der Waals surface area (Å²) in [7, 11) is 5.69. The first-order chi connectivity index (χ1) is 20.3. The van der Waals surface area contributed by atoms with Gasteiger partial charge >= 0.3 is 6.03 Å². The topological polar surface area (TPSA) is 77.1 Å². The summed E-state index contributed by atoms with van der Waals surface area (Å²) >= 11 is 0. The summed E-state index contributed by atoms with van der Waals surface area (Å²) in [5, 5.41) is 17.6. The van der Waals surface area contributed by atoms with Crippen LogP contribution in [0.1, 0.15) is 42.4 Å². The van der Waals surface area contributed by atoms with E-state index in [9.17, 15) is 9.90 Å². The first-order valence-corrected chi connectivity index (χ1v) is 14.7. The third kappa shape index (κ3) is 8.36. The monoisotopic (exact) mass is 568 g/mol. The molecule has 0 radical (unpaired) electrons. The Morgan fingerprint density at radius 1 is 1.05 bits per heavy atom. The standard InChI is InChI=1S/C35H44N4O3/c1-35(26-40,25-38(2)3)33(29-16-14-28(15-17-29)13-12-27-10-6-5-7-11-27)32-24-39(23-9-8-22-36-32)34(41)37-30-18-20-31(42-4)21-19-30/h5-7,10-11,14-21,32-33,36,40H,8-9,22-26H2,1-4H3,(H,37,41)/t32-,33+,35?/m0/s1. The fraction of sp³-hybridized carbons (Fsp3) is 0.400. The second kappa shape index (κ2) is 14.9. The van der Waals surface area contributed by atoms with Crippen molar-refractivity contribution in [2.75, 3.05) is 59.3 Å². The molecule has 3 aromatic rings. The van der Waals surface area contributed by atoms with Crippen molar-refractivity contribution in [2.45, 2.75) is 31.7 Å². The Morgan fingerprint density at radius 3 is 2.33 bits per heavy atom. The second-order valence-corrected chi connectivity index (χ2v) is 11.6. The number of nitrogens with zero attached hydrogens (tertiary/aromatic N) is 2. The normalized spacial score (nSPS) is 17.7. The maximum atomic E-state index is 13.5. The first-order valence-electron chi connectivity index (χ1n) is 14.7. The Bertz CT molecular complexity index is 1330. The lowest BCUT2D eigenvalue weighted by Gasteiger charge is -2.45. The van der Waals surface area contributed by atoms with Crippen LogP contribution in [0.2, 0.25) is 0 Å². The second-order valence-electron chi connectivity index (χ2n) is 11.6. The Morgan fingerprint density at radius 2 is 1.71 bits per heavy atom. The van der Waals surface area contributed by atoms with Crippen LogP contribution in [-0.2, 0) is 0 Å². The number of amides is 2. The van der Waals surface area contributed by atoms with Crippen molar-refractivity contribution in [3.63, 3.8) is 0 Å². The van der Waals surface area contributed by atoms with Gasteiger partial charge in [-0.3, -0.25) is 0 Å². The highest BCUT2D eigenvalue weighted by atomic mass is 16.5. The van der Waals surface area contributed by atoms with Gasteiger partial charge in [-0.1, -0.05) is 49.1 Å². The van der Waals surface area contributed by atoms with Crippen molar-refractivity contribution in [2.24, 2.45) is 5.41 Å². The summed E-state index contributed by atoms with van der Waals surface area (Å²) in [6.07, 6.45) is 1.89. The van der Waals surface area contributed by atoms with E-state index < -0.39 is 5.41 Å². The van der Waals surface area contributed by atoms with Gasteiger partial charge in [0.15, 0.2) is 0 Å². The summed E-state index contributed by atoms with van der Waals surface area (Å²) in [5.41, 5.74) is 3.29. The van der Waals surface area contributed by atoms with Crippen molar-refractivity contribution in [1.82, 2.24) is 15.1 Å². The molecule has 1 heterocycles. The van der Waals surface area contributed by atoms with Gasteiger partial charge in [0.05, 0.1) is 13.7 Å². The molecule has 0 aromatic heterocycles. The molecule has 1 aliphatic rings. The van der Waals surface area contributed by atoms with E-state index in [1.165, 1.54) is 0 Å². The highest BCUT2D eigenvalue weighted by Crippen LogP contribution is 2.40. The molecule has 0 aliphatic carbocycles. The largest absolute Gasteiger partial charge is 0.497 e. The van der Waals surface area contributed by atoms with Crippen LogP contribution in [0.3, 0.4) is 0 Å². The van der Waals surface area contributed by atoms with Crippen LogP contribution in [0.15, 0.2) is 78.9 Å². The maximum absolute atomic E-state index is 13.5. The van der Waals surface area contributed by atoms with Gasteiger partial charge in [-0.2, -0.15) is 0 Å². The van der Waals surface area contributed by atoms with E-state index in [2.05, 4.69) is 58.6 Å². The number of urea groups is 1. The number of hydrogen-bond donors (Lipinski definition) is 3. The zero-order chi connectivity index (χ0) is 30.0. The smallest absolute Gasteiger partial charge is 0.321 e. The number of aliphatic hydroxyl groups is 1. The van der Waals surface area contributed by atoms with E-state index in [1.54, 1.807) is 7.11 Å². The molecule has 1 unspecified atom stereocenters. The number of benzene rings is 3. The van der Waals surface area contributed by atoms with Crippen molar-refractivity contribution in [1.29, 1.82) is 0 Å². The Hall–Kier alpha value is -3.83. The zero-order valence-corrected chi connectivity index (χ0v) is 25.3. The molecule has 7 nitrogen and oxygen atoms in total. The molecule has 0 spiro atoms. The molecule has 2 amide bonds.